The van der Waals surface area contributed by atoms with E-state index >= 15 is 0 Å². The Labute approximate surface area is 195 Å². The smallest absolute Gasteiger partial charge is 0.408 e. The normalized spacial score (nSPS) is 19.1. The highest BCUT2D eigenvalue weighted by molar-refractivity contribution is 6.01. The van der Waals surface area contributed by atoms with Crippen molar-refractivity contribution >= 4 is 29.2 Å². The third kappa shape index (κ3) is 6.48. The van der Waals surface area contributed by atoms with Gasteiger partial charge in [-0.25, -0.2) is 9.18 Å². The van der Waals surface area contributed by atoms with Gasteiger partial charge in [-0.2, -0.15) is 0 Å². The van der Waals surface area contributed by atoms with Gasteiger partial charge in [0.2, 0.25) is 0 Å². The summed E-state index contributed by atoms with van der Waals surface area (Å²) in [7, 11) is 0. The molecular weight excluding hydrogens is 445 g/mol. The molecule has 9 nitrogen and oxygen atoms in total. The lowest BCUT2D eigenvalue weighted by atomic mass is 10.1. The molecule has 0 radical (unpaired) electrons. The summed E-state index contributed by atoms with van der Waals surface area (Å²) < 4.78 is 23.8. The lowest BCUT2D eigenvalue weighted by Gasteiger charge is -2.18. The summed E-state index contributed by atoms with van der Waals surface area (Å²) in [4.78, 5) is 36.8. The Hall–Kier alpha value is -4.05. The highest BCUT2D eigenvalue weighted by atomic mass is 19.1. The van der Waals surface area contributed by atoms with Crippen molar-refractivity contribution in [2.24, 2.45) is 5.92 Å². The number of carboxylic acids is 1. The third-order valence-electron chi connectivity index (χ3n) is 5.20. The zero-order valence-corrected chi connectivity index (χ0v) is 18.4. The second-order valence-electron chi connectivity index (χ2n) is 7.89. The van der Waals surface area contributed by atoms with Crippen LogP contribution in [0.5, 0.6) is 0 Å². The van der Waals surface area contributed by atoms with Gasteiger partial charge in [0.05, 0.1) is 12.0 Å². The number of carbonyl (C=O) groups is 3. The number of rotatable bonds is 11. The Balaban J connectivity index is 1.64. The zero-order chi connectivity index (χ0) is 24.7. The van der Waals surface area contributed by atoms with E-state index in [1.54, 1.807) is 24.3 Å². The predicted octanol–water partition coefficient (Wildman–Crippen LogP) is 2.26. The molecule has 178 valence electrons. The Morgan fingerprint density at radius 3 is 2.44 bits per heavy atom. The Morgan fingerprint density at radius 1 is 1.18 bits per heavy atom. The Morgan fingerprint density at radius 2 is 1.85 bits per heavy atom. The van der Waals surface area contributed by atoms with E-state index in [9.17, 15) is 23.9 Å². The minimum atomic E-state index is -1.64. The number of aliphatic carboxylic acids is 1. The van der Waals surface area contributed by atoms with Gasteiger partial charge in [0, 0.05) is 17.8 Å². The summed E-state index contributed by atoms with van der Waals surface area (Å²) in [6.07, 6.45) is 0.367. The molecule has 0 heterocycles. The number of ketones is 1. The number of nitrogens with one attached hydrogen (secondary N) is 2. The second-order valence-corrected chi connectivity index (χ2v) is 7.89. The highest BCUT2D eigenvalue weighted by Crippen LogP contribution is 2.44. The van der Waals surface area contributed by atoms with E-state index in [0.717, 1.165) is 5.56 Å². The van der Waals surface area contributed by atoms with Gasteiger partial charge in [-0.05, 0) is 31.0 Å². The van der Waals surface area contributed by atoms with Gasteiger partial charge in [-0.3, -0.25) is 14.9 Å². The molecule has 1 fully saturated rings. The van der Waals surface area contributed by atoms with E-state index in [1.807, 2.05) is 6.07 Å². The average Bonchev–Trinajstić information content (AvgIpc) is 3.53. The topological polar surface area (TPSA) is 142 Å². The van der Waals surface area contributed by atoms with Crippen molar-refractivity contribution in [3.63, 3.8) is 0 Å². The van der Waals surface area contributed by atoms with Gasteiger partial charge in [0.25, 0.3) is 5.88 Å². The molecule has 3 rings (SSSR count). The standard InChI is InChI=1S/C24H24FN3O6/c1-15(26)11-21(27-18-9-7-17(25)8-10-18)33-14-20(29)24(12-19(24)22(30)31)28-23(32)34-13-16-5-3-2-4-6-16/h2-11,19,26-27H,12-14H2,1H3,(H,28,32)(H,30,31)/p+1/b21-11+,26-15?. The predicted molar refractivity (Wildman–Crippen MR) is 119 cm³/mol. The maximum Gasteiger partial charge on any atom is 0.408 e. The van der Waals surface area contributed by atoms with Gasteiger partial charge < -0.3 is 25.3 Å². The minimum Gasteiger partial charge on any atom is -0.481 e. The van der Waals surface area contributed by atoms with E-state index in [-0.39, 0.29) is 24.6 Å². The molecule has 5 N–H and O–H groups in total. The zero-order valence-electron chi connectivity index (χ0n) is 18.4. The number of Topliss-reactive ketones (excluding diaryl/α,β-unsaturated/α-hetero) is 1. The number of halogens is 1. The second kappa shape index (κ2) is 10.7. The summed E-state index contributed by atoms with van der Waals surface area (Å²) >= 11 is 0. The van der Waals surface area contributed by atoms with Gasteiger partial charge >= 0.3 is 12.1 Å². The molecule has 0 saturated heterocycles. The van der Waals surface area contributed by atoms with Crippen molar-refractivity contribution in [2.45, 2.75) is 25.5 Å². The summed E-state index contributed by atoms with van der Waals surface area (Å²) in [5.74, 6) is -3.23. The summed E-state index contributed by atoms with van der Waals surface area (Å²) in [6, 6.07) is 14.4. The molecule has 10 heteroatoms. The lowest BCUT2D eigenvalue weighted by Crippen LogP contribution is -2.76. The van der Waals surface area contributed by atoms with Crippen LogP contribution in [0.2, 0.25) is 0 Å². The molecule has 34 heavy (non-hydrogen) atoms. The Bertz CT molecular complexity index is 1100. The van der Waals surface area contributed by atoms with E-state index in [1.165, 1.54) is 42.6 Å². The number of amides is 1. The Kier molecular flexibility index (Phi) is 7.75. The van der Waals surface area contributed by atoms with E-state index in [2.05, 4.69) is 5.32 Å². The SMILES string of the molecule is CC(=N)/C=C(\[NH2+]c1ccc(F)cc1)OCC(=O)C1(NC(=O)OCc2ccccc2)CC1C(=O)O. The van der Waals surface area contributed by atoms with E-state index in [4.69, 9.17) is 14.9 Å². The van der Waals surface area contributed by atoms with Crippen molar-refractivity contribution in [3.05, 3.63) is 77.9 Å². The maximum atomic E-state index is 13.2. The van der Waals surface area contributed by atoms with Crippen LogP contribution in [0.4, 0.5) is 14.9 Å². The molecule has 0 aliphatic heterocycles. The first kappa shape index (κ1) is 24.6. The van der Waals surface area contributed by atoms with Crippen LogP contribution < -0.4 is 10.6 Å². The fraction of sp³-hybridized carbons (Fsp3) is 0.250. The van der Waals surface area contributed by atoms with E-state index < -0.39 is 41.7 Å². The number of nitrogens with two attached hydrogens (primary N) is 1. The van der Waals surface area contributed by atoms with Crippen LogP contribution in [-0.2, 0) is 25.7 Å². The molecule has 2 atom stereocenters. The van der Waals surface area contributed by atoms with Gasteiger partial charge in [0.1, 0.15) is 23.7 Å². The van der Waals surface area contributed by atoms with Crippen LogP contribution in [0.25, 0.3) is 0 Å². The molecule has 2 unspecified atom stereocenters. The van der Waals surface area contributed by atoms with Crippen molar-refractivity contribution in [1.29, 1.82) is 5.41 Å². The van der Waals surface area contributed by atoms with Crippen molar-refractivity contribution in [1.82, 2.24) is 5.32 Å². The quantitative estimate of drug-likeness (QED) is 0.225. The van der Waals surface area contributed by atoms with E-state index in [0.29, 0.717) is 5.69 Å². The number of carbonyl (C=O) groups excluding carboxylic acids is 2. The fourth-order valence-corrected chi connectivity index (χ4v) is 3.36. The third-order valence-corrected chi connectivity index (χ3v) is 5.20. The number of hydrogen-bond acceptors (Lipinski definition) is 6. The first-order valence-corrected chi connectivity index (χ1v) is 10.4. The van der Waals surface area contributed by atoms with Gasteiger partial charge in [0.15, 0.2) is 12.4 Å². The first-order chi connectivity index (χ1) is 16.2. The van der Waals surface area contributed by atoms with Crippen LogP contribution in [-0.4, -0.2) is 40.8 Å². The molecule has 1 aliphatic rings. The molecule has 0 bridgehead atoms. The lowest BCUT2D eigenvalue weighted by molar-refractivity contribution is -0.550. The fourth-order valence-electron chi connectivity index (χ4n) is 3.36. The average molecular weight is 470 g/mol. The number of ether oxygens (including phenoxy) is 2. The van der Waals surface area contributed by atoms with Crippen LogP contribution in [0.15, 0.2) is 66.6 Å². The number of allylic oxidation sites excluding steroid dienone is 1. The number of alkyl carbamates (subject to hydrolysis) is 1. The first-order valence-electron chi connectivity index (χ1n) is 10.4. The number of hydrogen-bond donors (Lipinski definition) is 4. The molecule has 0 spiro atoms. The largest absolute Gasteiger partial charge is 0.481 e. The molecule has 1 saturated carbocycles. The van der Waals surface area contributed by atoms with Crippen LogP contribution in [0.1, 0.15) is 18.9 Å². The minimum absolute atomic E-state index is 0.0384. The number of quaternary nitrogens is 1. The van der Waals surface area contributed by atoms with Gasteiger partial charge in [-0.15, -0.1) is 0 Å². The molecule has 1 aliphatic carbocycles. The highest BCUT2D eigenvalue weighted by Gasteiger charge is 2.65. The monoisotopic (exact) mass is 470 g/mol. The summed E-state index contributed by atoms with van der Waals surface area (Å²) in [5.41, 5.74) is -0.179. The number of benzene rings is 2. The molecule has 2 aromatic rings. The van der Waals surface area contributed by atoms with Gasteiger partial charge in [-0.1, -0.05) is 30.3 Å². The molecule has 1 amide bonds. The summed E-state index contributed by atoms with van der Waals surface area (Å²) in [6.45, 7) is 0.930. The van der Waals surface area contributed by atoms with Crippen molar-refractivity contribution in [3.8, 4) is 0 Å². The van der Waals surface area contributed by atoms with Crippen LogP contribution >= 0.6 is 0 Å². The van der Waals surface area contributed by atoms with Crippen molar-refractivity contribution < 1.29 is 38.7 Å². The van der Waals surface area contributed by atoms with Crippen LogP contribution in [0, 0.1) is 17.1 Å². The van der Waals surface area contributed by atoms with Crippen LogP contribution in [0.3, 0.4) is 0 Å². The summed E-state index contributed by atoms with van der Waals surface area (Å²) in [5, 5.41) is 21.0. The van der Waals surface area contributed by atoms with Crippen molar-refractivity contribution in [2.75, 3.05) is 6.61 Å². The molecule has 2 aromatic carbocycles. The molecule has 0 aromatic heterocycles. The maximum absolute atomic E-state index is 13.2. The number of carboxylic acid groups (broad SMARTS) is 1. The molecular formula is C24H25FN3O6+.